The van der Waals surface area contributed by atoms with E-state index in [9.17, 15) is 5.11 Å². The van der Waals surface area contributed by atoms with E-state index in [2.05, 4.69) is 0 Å². The Morgan fingerprint density at radius 2 is 2.20 bits per heavy atom. The fourth-order valence-electron chi connectivity index (χ4n) is 0.894. The molecular formula is C6H12O4. The molecule has 0 amide bonds. The van der Waals surface area contributed by atoms with Crippen LogP contribution in [0.4, 0.5) is 0 Å². The van der Waals surface area contributed by atoms with Crippen molar-refractivity contribution in [2.75, 3.05) is 13.4 Å². The van der Waals surface area contributed by atoms with Crippen molar-refractivity contribution in [3.8, 4) is 0 Å². The minimum absolute atomic E-state index is 0.156. The largest absolute Gasteiger partial charge is 0.394 e. The van der Waals surface area contributed by atoms with Crippen LogP contribution in [0.5, 0.6) is 0 Å². The lowest BCUT2D eigenvalue weighted by Gasteiger charge is -2.31. The molecule has 3 unspecified atom stereocenters. The van der Waals surface area contributed by atoms with Crippen LogP contribution in [0.15, 0.2) is 0 Å². The minimum Gasteiger partial charge on any atom is -0.394 e. The van der Waals surface area contributed by atoms with Gasteiger partial charge >= 0.3 is 0 Å². The van der Waals surface area contributed by atoms with Crippen molar-refractivity contribution in [3.05, 3.63) is 0 Å². The summed E-state index contributed by atoms with van der Waals surface area (Å²) in [5, 5.41) is 17.9. The zero-order valence-corrected chi connectivity index (χ0v) is 5.86. The first-order valence-corrected chi connectivity index (χ1v) is 3.28. The molecule has 1 rings (SSSR count). The molecule has 1 fully saturated rings. The van der Waals surface area contributed by atoms with Crippen LogP contribution in [0.1, 0.15) is 6.92 Å². The van der Waals surface area contributed by atoms with Gasteiger partial charge in [0.1, 0.15) is 19.0 Å². The summed E-state index contributed by atoms with van der Waals surface area (Å²) in [6.45, 7) is 1.74. The Labute approximate surface area is 59.4 Å². The van der Waals surface area contributed by atoms with E-state index in [4.69, 9.17) is 14.6 Å². The standard InChI is InChI=1S/C6H12O4/c1-4-6(8)5(2-7)10-3-9-4/h4-8H,2-3H2,1H3. The molecule has 0 spiro atoms. The maximum absolute atomic E-state index is 9.23. The summed E-state index contributed by atoms with van der Waals surface area (Å²) in [4.78, 5) is 0. The summed E-state index contributed by atoms with van der Waals surface area (Å²) in [6.07, 6.45) is -1.44. The highest BCUT2D eigenvalue weighted by atomic mass is 16.7. The number of hydrogen-bond acceptors (Lipinski definition) is 4. The molecule has 1 aliphatic heterocycles. The average molecular weight is 148 g/mol. The highest BCUT2D eigenvalue weighted by Crippen LogP contribution is 2.12. The molecule has 0 aromatic carbocycles. The fraction of sp³-hybridized carbons (Fsp3) is 1.00. The lowest BCUT2D eigenvalue weighted by atomic mass is 10.1. The Morgan fingerprint density at radius 1 is 1.50 bits per heavy atom. The molecule has 0 aromatic heterocycles. The van der Waals surface area contributed by atoms with Crippen LogP contribution >= 0.6 is 0 Å². The molecular weight excluding hydrogens is 136 g/mol. The van der Waals surface area contributed by atoms with Crippen LogP contribution < -0.4 is 0 Å². The van der Waals surface area contributed by atoms with E-state index in [0.717, 1.165) is 0 Å². The average Bonchev–Trinajstić information content (AvgIpc) is 1.95. The van der Waals surface area contributed by atoms with Gasteiger partial charge in [-0.2, -0.15) is 0 Å². The Bertz CT molecular complexity index is 106. The molecule has 0 bridgehead atoms. The SMILES string of the molecule is CC1OCOC(CO)C1O. The summed E-state index contributed by atoms with van der Waals surface area (Å²) < 4.78 is 9.83. The summed E-state index contributed by atoms with van der Waals surface area (Å²) in [5.74, 6) is 0. The fourth-order valence-corrected chi connectivity index (χ4v) is 0.894. The van der Waals surface area contributed by atoms with Gasteiger partial charge in [-0.05, 0) is 6.92 Å². The molecule has 3 atom stereocenters. The molecule has 1 saturated heterocycles. The van der Waals surface area contributed by atoms with Crippen molar-refractivity contribution in [2.24, 2.45) is 0 Å². The van der Waals surface area contributed by atoms with Gasteiger partial charge in [0.25, 0.3) is 0 Å². The third-order valence-electron chi connectivity index (χ3n) is 1.65. The van der Waals surface area contributed by atoms with Gasteiger partial charge < -0.3 is 19.7 Å². The minimum atomic E-state index is -0.709. The van der Waals surface area contributed by atoms with E-state index in [0.29, 0.717) is 0 Å². The predicted molar refractivity (Wildman–Crippen MR) is 33.4 cm³/mol. The number of ether oxygens (including phenoxy) is 2. The lowest BCUT2D eigenvalue weighted by Crippen LogP contribution is -2.46. The summed E-state index contributed by atoms with van der Waals surface area (Å²) in [7, 11) is 0. The normalized spacial score (nSPS) is 41.7. The highest BCUT2D eigenvalue weighted by Gasteiger charge is 2.29. The van der Waals surface area contributed by atoms with Gasteiger partial charge in [-0.3, -0.25) is 0 Å². The maximum atomic E-state index is 9.23. The molecule has 10 heavy (non-hydrogen) atoms. The molecule has 1 heterocycles. The first-order valence-electron chi connectivity index (χ1n) is 3.28. The highest BCUT2D eigenvalue weighted by molar-refractivity contribution is 4.76. The van der Waals surface area contributed by atoms with E-state index < -0.39 is 12.2 Å². The zero-order valence-electron chi connectivity index (χ0n) is 5.86. The number of hydrogen-bond donors (Lipinski definition) is 2. The van der Waals surface area contributed by atoms with E-state index in [-0.39, 0.29) is 19.5 Å². The monoisotopic (exact) mass is 148 g/mol. The molecule has 2 N–H and O–H groups in total. The van der Waals surface area contributed by atoms with E-state index in [1.54, 1.807) is 6.92 Å². The first kappa shape index (κ1) is 7.94. The van der Waals surface area contributed by atoms with Crippen LogP contribution in [0.2, 0.25) is 0 Å². The molecule has 1 aliphatic rings. The molecule has 0 radical (unpaired) electrons. The number of aliphatic hydroxyl groups is 2. The molecule has 4 nitrogen and oxygen atoms in total. The Balaban J connectivity index is 2.42. The van der Waals surface area contributed by atoms with Gasteiger partial charge in [-0.25, -0.2) is 0 Å². The van der Waals surface area contributed by atoms with Crippen LogP contribution in [0.3, 0.4) is 0 Å². The van der Waals surface area contributed by atoms with Crippen molar-refractivity contribution >= 4 is 0 Å². The molecule has 0 saturated carbocycles. The molecule has 0 aliphatic carbocycles. The van der Waals surface area contributed by atoms with Crippen molar-refractivity contribution in [1.82, 2.24) is 0 Å². The van der Waals surface area contributed by atoms with Crippen molar-refractivity contribution in [3.63, 3.8) is 0 Å². The zero-order chi connectivity index (χ0) is 7.56. The predicted octanol–water partition coefficient (Wildman–Crippen LogP) is -0.899. The molecule has 0 aromatic rings. The van der Waals surface area contributed by atoms with Gasteiger partial charge in [0.2, 0.25) is 0 Å². The summed E-state index contributed by atoms with van der Waals surface area (Å²) in [5.41, 5.74) is 0. The molecule has 4 heteroatoms. The summed E-state index contributed by atoms with van der Waals surface area (Å²) >= 11 is 0. The third kappa shape index (κ3) is 1.46. The van der Waals surface area contributed by atoms with E-state index in [1.165, 1.54) is 0 Å². The van der Waals surface area contributed by atoms with Crippen LogP contribution in [-0.4, -0.2) is 41.9 Å². The maximum Gasteiger partial charge on any atom is 0.147 e. The Morgan fingerprint density at radius 3 is 2.70 bits per heavy atom. The number of rotatable bonds is 1. The van der Waals surface area contributed by atoms with Crippen molar-refractivity contribution in [2.45, 2.75) is 25.2 Å². The van der Waals surface area contributed by atoms with Gasteiger partial charge in [0.05, 0.1) is 12.7 Å². The van der Waals surface area contributed by atoms with Crippen LogP contribution in [-0.2, 0) is 9.47 Å². The van der Waals surface area contributed by atoms with Crippen molar-refractivity contribution in [1.29, 1.82) is 0 Å². The third-order valence-corrected chi connectivity index (χ3v) is 1.65. The van der Waals surface area contributed by atoms with Gasteiger partial charge in [0.15, 0.2) is 0 Å². The van der Waals surface area contributed by atoms with Gasteiger partial charge in [0, 0.05) is 0 Å². The second-order valence-corrected chi connectivity index (χ2v) is 2.37. The first-order chi connectivity index (χ1) is 4.75. The molecule has 60 valence electrons. The van der Waals surface area contributed by atoms with E-state index in [1.807, 2.05) is 0 Å². The van der Waals surface area contributed by atoms with Gasteiger partial charge in [-0.15, -0.1) is 0 Å². The number of aliphatic hydroxyl groups excluding tert-OH is 2. The Hall–Kier alpha value is -0.160. The van der Waals surface area contributed by atoms with Crippen molar-refractivity contribution < 1.29 is 19.7 Å². The van der Waals surface area contributed by atoms with Gasteiger partial charge in [-0.1, -0.05) is 0 Å². The van der Waals surface area contributed by atoms with Crippen LogP contribution in [0.25, 0.3) is 0 Å². The van der Waals surface area contributed by atoms with E-state index >= 15 is 0 Å². The second-order valence-electron chi connectivity index (χ2n) is 2.37. The lowest BCUT2D eigenvalue weighted by molar-refractivity contribution is -0.232. The van der Waals surface area contributed by atoms with Crippen LogP contribution in [0, 0.1) is 0 Å². The quantitative estimate of drug-likeness (QED) is 0.506. The second kappa shape index (κ2) is 3.30. The topological polar surface area (TPSA) is 58.9 Å². The Kier molecular flexibility index (Phi) is 2.62. The smallest absolute Gasteiger partial charge is 0.147 e. The summed E-state index contributed by atoms with van der Waals surface area (Å²) in [6, 6.07) is 0.